The number of nitrogen functional groups attached to an aromatic ring is 1. The van der Waals surface area contributed by atoms with Gasteiger partial charge in [0.05, 0.1) is 23.1 Å². The maximum Gasteiger partial charge on any atom is 0.0821 e. The molecule has 2 N–H and O–H groups in total. The van der Waals surface area contributed by atoms with Crippen LogP contribution in [0.25, 0.3) is 0 Å². The Labute approximate surface area is 153 Å². The van der Waals surface area contributed by atoms with Crippen molar-refractivity contribution in [1.82, 2.24) is 4.98 Å². The molecule has 1 fully saturated rings. The van der Waals surface area contributed by atoms with Crippen LogP contribution < -0.4 is 5.73 Å². The second-order valence-corrected chi connectivity index (χ2v) is 7.59. The van der Waals surface area contributed by atoms with Crippen molar-refractivity contribution in [2.75, 3.05) is 31.5 Å². The standard InChI is InChI=1S/C8H11N.C5H7NOS.C5H10OS/c1-6-3-4-8(9)5-7(6)2;1-7-3-5-2-6-4-8-5;1-6-5-2-3-7-4-5/h3-5H,9H2,1-2H3;2,4H,3H2,1H3;5H,2-4H2,1H3/t;;5-/m..0/s1. The number of thiazole rings is 1. The van der Waals surface area contributed by atoms with Gasteiger partial charge in [0.2, 0.25) is 0 Å². The van der Waals surface area contributed by atoms with Gasteiger partial charge in [-0.1, -0.05) is 6.07 Å². The van der Waals surface area contributed by atoms with E-state index < -0.39 is 0 Å². The Bertz CT molecular complexity index is 556. The van der Waals surface area contributed by atoms with Gasteiger partial charge < -0.3 is 15.2 Å². The molecule has 0 aliphatic carbocycles. The van der Waals surface area contributed by atoms with Gasteiger partial charge in [-0.05, 0) is 49.3 Å². The molecule has 24 heavy (non-hydrogen) atoms. The highest BCUT2D eigenvalue weighted by molar-refractivity contribution is 7.99. The molecule has 0 saturated carbocycles. The van der Waals surface area contributed by atoms with E-state index in [1.165, 1.54) is 33.9 Å². The number of hydrogen-bond acceptors (Lipinski definition) is 6. The minimum Gasteiger partial charge on any atom is -0.399 e. The lowest BCUT2D eigenvalue weighted by Crippen LogP contribution is -2.06. The summed E-state index contributed by atoms with van der Waals surface area (Å²) in [6, 6.07) is 5.93. The van der Waals surface area contributed by atoms with E-state index in [2.05, 4.69) is 18.8 Å². The van der Waals surface area contributed by atoms with Crippen molar-refractivity contribution in [3.63, 3.8) is 0 Å². The summed E-state index contributed by atoms with van der Waals surface area (Å²) in [5, 5.41) is 0. The number of thioether (sulfide) groups is 1. The summed E-state index contributed by atoms with van der Waals surface area (Å²) in [6.07, 6.45) is 3.62. The van der Waals surface area contributed by atoms with Crippen LogP contribution >= 0.6 is 23.1 Å². The fourth-order valence-electron chi connectivity index (χ4n) is 1.92. The number of nitrogens with two attached hydrogens (primary N) is 1. The molecule has 0 radical (unpaired) electrons. The van der Waals surface area contributed by atoms with E-state index in [1.54, 1.807) is 31.1 Å². The van der Waals surface area contributed by atoms with Crippen molar-refractivity contribution in [2.24, 2.45) is 0 Å². The van der Waals surface area contributed by atoms with Crippen LogP contribution in [0.4, 0.5) is 5.69 Å². The molecule has 1 aliphatic rings. The van der Waals surface area contributed by atoms with Gasteiger partial charge in [-0.3, -0.25) is 4.98 Å². The number of benzene rings is 1. The Morgan fingerprint density at radius 1 is 1.25 bits per heavy atom. The number of methoxy groups -OCH3 is 2. The van der Waals surface area contributed by atoms with Crippen molar-refractivity contribution in [3.05, 3.63) is 45.9 Å². The molecule has 0 unspecified atom stereocenters. The first-order chi connectivity index (χ1) is 11.6. The van der Waals surface area contributed by atoms with Crippen LogP contribution in [0.3, 0.4) is 0 Å². The maximum atomic E-state index is 5.53. The van der Waals surface area contributed by atoms with E-state index in [-0.39, 0.29) is 0 Å². The summed E-state index contributed by atoms with van der Waals surface area (Å²) < 4.78 is 9.95. The topological polar surface area (TPSA) is 57.4 Å². The number of anilines is 1. The minimum absolute atomic E-state index is 0.560. The van der Waals surface area contributed by atoms with Crippen molar-refractivity contribution < 1.29 is 9.47 Å². The van der Waals surface area contributed by atoms with Gasteiger partial charge in [0.1, 0.15) is 0 Å². The molecule has 2 heterocycles. The van der Waals surface area contributed by atoms with E-state index in [4.69, 9.17) is 15.2 Å². The summed E-state index contributed by atoms with van der Waals surface area (Å²) >= 11 is 3.59. The molecule has 1 aromatic heterocycles. The summed E-state index contributed by atoms with van der Waals surface area (Å²) in [5.74, 6) is 2.50. The Hall–Kier alpha value is -1.08. The zero-order chi connectivity index (χ0) is 17.8. The molecule has 6 heteroatoms. The molecule has 2 aromatic rings. The molecule has 0 spiro atoms. The molecular formula is C18H28N2O2S2. The van der Waals surface area contributed by atoms with E-state index >= 15 is 0 Å². The molecule has 0 bridgehead atoms. The number of aromatic nitrogens is 1. The second-order valence-electron chi connectivity index (χ2n) is 5.47. The number of ether oxygens (including phenoxy) is 2. The van der Waals surface area contributed by atoms with Gasteiger partial charge in [0, 0.05) is 31.9 Å². The maximum absolute atomic E-state index is 5.53. The van der Waals surface area contributed by atoms with Gasteiger partial charge in [0.15, 0.2) is 0 Å². The minimum atomic E-state index is 0.560. The van der Waals surface area contributed by atoms with Crippen LogP contribution in [-0.4, -0.2) is 36.8 Å². The SMILES string of the molecule is COCc1cncs1.CO[C@H]1CCSC1.Cc1ccc(N)cc1C. The van der Waals surface area contributed by atoms with Crippen LogP contribution in [0.15, 0.2) is 29.9 Å². The summed E-state index contributed by atoms with van der Waals surface area (Å²) in [4.78, 5) is 5.05. The molecule has 4 nitrogen and oxygen atoms in total. The molecule has 1 aliphatic heterocycles. The number of hydrogen-bond donors (Lipinski definition) is 1. The Balaban J connectivity index is 0.000000181. The quantitative estimate of drug-likeness (QED) is 0.818. The van der Waals surface area contributed by atoms with E-state index in [1.807, 2.05) is 36.2 Å². The first-order valence-electron chi connectivity index (χ1n) is 7.86. The summed E-state index contributed by atoms with van der Waals surface area (Å²) in [5.41, 5.74) is 10.7. The fraction of sp³-hybridized carbons (Fsp3) is 0.500. The lowest BCUT2D eigenvalue weighted by Gasteiger charge is -2.01. The van der Waals surface area contributed by atoms with Crippen LogP contribution in [-0.2, 0) is 16.1 Å². The Kier molecular flexibility index (Phi) is 10.7. The summed E-state index contributed by atoms with van der Waals surface area (Å²) in [6.45, 7) is 4.82. The van der Waals surface area contributed by atoms with Crippen molar-refractivity contribution in [2.45, 2.75) is 33.0 Å². The average Bonchev–Trinajstić information content (AvgIpc) is 3.26. The van der Waals surface area contributed by atoms with Crippen LogP contribution in [0.1, 0.15) is 22.4 Å². The zero-order valence-corrected chi connectivity index (χ0v) is 16.6. The van der Waals surface area contributed by atoms with E-state index in [0.717, 1.165) is 5.69 Å². The molecule has 1 atom stereocenters. The lowest BCUT2D eigenvalue weighted by molar-refractivity contribution is 0.124. The fourth-order valence-corrected chi connectivity index (χ4v) is 3.65. The Morgan fingerprint density at radius 2 is 2.04 bits per heavy atom. The van der Waals surface area contributed by atoms with E-state index in [0.29, 0.717) is 12.7 Å². The molecule has 1 aromatic carbocycles. The predicted molar refractivity (Wildman–Crippen MR) is 106 cm³/mol. The molecular weight excluding hydrogens is 340 g/mol. The first kappa shape index (κ1) is 21.0. The normalized spacial score (nSPS) is 15.9. The van der Waals surface area contributed by atoms with Crippen molar-refractivity contribution in [3.8, 4) is 0 Å². The van der Waals surface area contributed by atoms with Crippen molar-refractivity contribution >= 4 is 28.8 Å². The molecule has 3 rings (SSSR count). The third-order valence-electron chi connectivity index (χ3n) is 3.52. The zero-order valence-electron chi connectivity index (χ0n) is 15.0. The molecule has 0 amide bonds. The number of rotatable bonds is 3. The number of aryl methyl sites for hydroxylation is 2. The highest BCUT2D eigenvalue weighted by Crippen LogP contribution is 2.18. The Morgan fingerprint density at radius 3 is 2.46 bits per heavy atom. The van der Waals surface area contributed by atoms with E-state index in [9.17, 15) is 0 Å². The van der Waals surface area contributed by atoms with Gasteiger partial charge in [-0.25, -0.2) is 0 Å². The third-order valence-corrected chi connectivity index (χ3v) is 5.41. The molecule has 1 saturated heterocycles. The van der Waals surface area contributed by atoms with Crippen LogP contribution in [0, 0.1) is 13.8 Å². The van der Waals surface area contributed by atoms with Gasteiger partial charge >= 0.3 is 0 Å². The highest BCUT2D eigenvalue weighted by atomic mass is 32.2. The predicted octanol–water partition coefficient (Wildman–Crippen LogP) is 4.31. The summed E-state index contributed by atoms with van der Waals surface area (Å²) in [7, 11) is 3.47. The van der Waals surface area contributed by atoms with Crippen molar-refractivity contribution in [1.29, 1.82) is 0 Å². The van der Waals surface area contributed by atoms with Gasteiger partial charge in [0.25, 0.3) is 0 Å². The van der Waals surface area contributed by atoms with Gasteiger partial charge in [-0.2, -0.15) is 11.8 Å². The first-order valence-corrected chi connectivity index (χ1v) is 9.89. The van der Waals surface area contributed by atoms with Crippen LogP contribution in [0.2, 0.25) is 0 Å². The third kappa shape index (κ3) is 8.68. The molecule has 134 valence electrons. The highest BCUT2D eigenvalue weighted by Gasteiger charge is 2.12. The number of nitrogens with zero attached hydrogens (tertiary/aromatic N) is 1. The smallest absolute Gasteiger partial charge is 0.0821 e. The average molecular weight is 369 g/mol. The van der Waals surface area contributed by atoms with Crippen LogP contribution in [0.5, 0.6) is 0 Å². The van der Waals surface area contributed by atoms with Gasteiger partial charge in [-0.15, -0.1) is 11.3 Å². The largest absolute Gasteiger partial charge is 0.399 e. The monoisotopic (exact) mass is 368 g/mol. The second kappa shape index (κ2) is 12.3. The lowest BCUT2D eigenvalue weighted by atomic mass is 10.1.